The number of fused-ring (bicyclic) bond motifs is 1. The highest BCUT2D eigenvalue weighted by atomic mass is 16.3. The summed E-state index contributed by atoms with van der Waals surface area (Å²) in [6.07, 6.45) is -0.899. The van der Waals surface area contributed by atoms with Gasteiger partial charge in [-0.25, -0.2) is 0 Å². The summed E-state index contributed by atoms with van der Waals surface area (Å²) in [5, 5.41) is 23.3. The van der Waals surface area contributed by atoms with Crippen molar-refractivity contribution in [3.63, 3.8) is 0 Å². The van der Waals surface area contributed by atoms with Crippen molar-refractivity contribution in [2.45, 2.75) is 26.9 Å². The van der Waals surface area contributed by atoms with Gasteiger partial charge in [0.05, 0.1) is 17.2 Å². The van der Waals surface area contributed by atoms with Crippen molar-refractivity contribution in [1.82, 2.24) is 10.3 Å². The Morgan fingerprint density at radius 1 is 1.15 bits per heavy atom. The van der Waals surface area contributed by atoms with Crippen LogP contribution in [-0.2, 0) is 0 Å². The number of aromatic nitrogens is 1. The lowest BCUT2D eigenvalue weighted by Crippen LogP contribution is -2.28. The van der Waals surface area contributed by atoms with Gasteiger partial charge < -0.3 is 15.5 Å². The van der Waals surface area contributed by atoms with Crippen LogP contribution in [0.15, 0.2) is 42.5 Å². The highest BCUT2D eigenvalue weighted by molar-refractivity contribution is 6.07. The summed E-state index contributed by atoms with van der Waals surface area (Å²) in [4.78, 5) is 17.3. The van der Waals surface area contributed by atoms with Gasteiger partial charge in [-0.1, -0.05) is 24.3 Å². The average Bonchev–Trinajstić information content (AvgIpc) is 2.62. The first-order chi connectivity index (χ1) is 12.4. The van der Waals surface area contributed by atoms with Crippen molar-refractivity contribution in [2.75, 3.05) is 6.54 Å². The molecular formula is C21H22N2O3. The van der Waals surface area contributed by atoms with Gasteiger partial charge in [0.1, 0.15) is 5.75 Å². The van der Waals surface area contributed by atoms with Gasteiger partial charge in [-0.05, 0) is 55.7 Å². The molecule has 0 spiro atoms. The second kappa shape index (κ2) is 7.14. The summed E-state index contributed by atoms with van der Waals surface area (Å²) < 4.78 is 0. The van der Waals surface area contributed by atoms with Crippen molar-refractivity contribution in [1.29, 1.82) is 0 Å². The molecule has 0 bridgehead atoms. The maximum atomic E-state index is 12.7. The maximum absolute atomic E-state index is 12.7. The predicted octanol–water partition coefficient (Wildman–Crippen LogP) is 3.33. The summed E-state index contributed by atoms with van der Waals surface area (Å²) in [6, 6.07) is 12.0. The molecule has 0 aliphatic heterocycles. The predicted molar refractivity (Wildman–Crippen MR) is 101 cm³/mol. The Kier molecular flexibility index (Phi) is 4.91. The highest BCUT2D eigenvalue weighted by Crippen LogP contribution is 2.24. The van der Waals surface area contributed by atoms with Gasteiger partial charge in [-0.15, -0.1) is 0 Å². The van der Waals surface area contributed by atoms with Crippen molar-refractivity contribution in [3.05, 3.63) is 70.4 Å². The molecule has 134 valence electrons. The number of amides is 1. The number of nitrogens with zero attached hydrogens (tertiary/aromatic N) is 1. The first-order valence-corrected chi connectivity index (χ1v) is 8.49. The second-order valence-corrected chi connectivity index (χ2v) is 6.54. The number of hydrogen-bond acceptors (Lipinski definition) is 4. The largest absolute Gasteiger partial charge is 0.508 e. The third kappa shape index (κ3) is 3.53. The summed E-state index contributed by atoms with van der Waals surface area (Å²) in [5.74, 6) is -0.183. The van der Waals surface area contributed by atoms with Gasteiger partial charge in [0.15, 0.2) is 0 Å². The van der Waals surface area contributed by atoms with Crippen molar-refractivity contribution in [2.24, 2.45) is 0 Å². The molecule has 1 heterocycles. The molecule has 5 heteroatoms. The molecule has 0 aliphatic rings. The molecule has 3 aromatic rings. The molecule has 3 rings (SSSR count). The van der Waals surface area contributed by atoms with Crippen LogP contribution in [0.3, 0.4) is 0 Å². The van der Waals surface area contributed by atoms with Gasteiger partial charge in [0.25, 0.3) is 5.91 Å². The SMILES string of the molecule is Cc1cc(C(=O)NCC(O)c2cccc(O)c2)c2ccc(C)c(C)c2n1. The Hall–Kier alpha value is -2.92. The molecule has 0 radical (unpaired) electrons. The number of pyridine rings is 1. The third-order valence-electron chi connectivity index (χ3n) is 4.59. The van der Waals surface area contributed by atoms with Gasteiger partial charge in [0, 0.05) is 17.6 Å². The normalized spacial score (nSPS) is 12.2. The standard InChI is InChI=1S/C21H22N2O3/c1-12-7-8-17-18(9-13(2)23-20(17)14(12)3)21(26)22-11-19(25)15-5-4-6-16(24)10-15/h4-10,19,24-25H,11H2,1-3H3,(H,22,26). The van der Waals surface area contributed by atoms with Crippen LogP contribution in [0.1, 0.15) is 38.8 Å². The van der Waals surface area contributed by atoms with Gasteiger partial charge in [-0.3, -0.25) is 9.78 Å². The Bertz CT molecular complexity index is 982. The number of phenols is 1. The molecule has 0 aliphatic carbocycles. The minimum Gasteiger partial charge on any atom is -0.508 e. The number of hydrogen-bond donors (Lipinski definition) is 3. The molecule has 3 N–H and O–H groups in total. The average molecular weight is 350 g/mol. The molecule has 0 fully saturated rings. The molecule has 2 aromatic carbocycles. The monoisotopic (exact) mass is 350 g/mol. The molecule has 5 nitrogen and oxygen atoms in total. The number of aliphatic hydroxyl groups excluding tert-OH is 1. The number of aryl methyl sites for hydroxylation is 3. The Balaban J connectivity index is 1.85. The van der Waals surface area contributed by atoms with E-state index in [4.69, 9.17) is 0 Å². The molecule has 1 unspecified atom stereocenters. The lowest BCUT2D eigenvalue weighted by atomic mass is 10.0. The molecule has 0 saturated carbocycles. The van der Waals surface area contributed by atoms with E-state index >= 15 is 0 Å². The van der Waals surface area contributed by atoms with E-state index in [1.165, 1.54) is 12.1 Å². The van der Waals surface area contributed by atoms with Gasteiger partial charge in [-0.2, -0.15) is 0 Å². The number of nitrogens with one attached hydrogen (secondary N) is 1. The maximum Gasteiger partial charge on any atom is 0.252 e. The van der Waals surface area contributed by atoms with E-state index in [9.17, 15) is 15.0 Å². The summed E-state index contributed by atoms with van der Waals surface area (Å²) in [6.45, 7) is 5.93. The van der Waals surface area contributed by atoms with Crippen LogP contribution in [0.2, 0.25) is 0 Å². The molecule has 1 aromatic heterocycles. The number of aliphatic hydroxyl groups is 1. The smallest absolute Gasteiger partial charge is 0.252 e. The summed E-state index contributed by atoms with van der Waals surface area (Å²) >= 11 is 0. The summed E-state index contributed by atoms with van der Waals surface area (Å²) in [7, 11) is 0. The van der Waals surface area contributed by atoms with Crippen molar-refractivity contribution in [3.8, 4) is 5.75 Å². The van der Waals surface area contributed by atoms with Crippen LogP contribution in [0.5, 0.6) is 5.75 Å². The Morgan fingerprint density at radius 3 is 2.65 bits per heavy atom. The molecule has 26 heavy (non-hydrogen) atoms. The van der Waals surface area contributed by atoms with E-state index in [-0.39, 0.29) is 18.2 Å². The quantitative estimate of drug-likeness (QED) is 0.674. The van der Waals surface area contributed by atoms with Crippen LogP contribution >= 0.6 is 0 Å². The zero-order valence-corrected chi connectivity index (χ0v) is 15.1. The zero-order valence-electron chi connectivity index (χ0n) is 15.1. The fourth-order valence-electron chi connectivity index (χ4n) is 2.98. The number of carbonyl (C=O) groups is 1. The van der Waals surface area contributed by atoms with Crippen molar-refractivity contribution < 1.29 is 15.0 Å². The van der Waals surface area contributed by atoms with E-state index in [2.05, 4.69) is 10.3 Å². The van der Waals surface area contributed by atoms with Crippen LogP contribution < -0.4 is 5.32 Å². The van der Waals surface area contributed by atoms with E-state index in [0.717, 1.165) is 27.7 Å². The fourth-order valence-corrected chi connectivity index (χ4v) is 2.98. The second-order valence-electron chi connectivity index (χ2n) is 6.54. The van der Waals surface area contributed by atoms with Crippen LogP contribution in [0, 0.1) is 20.8 Å². The molecule has 1 atom stereocenters. The molecular weight excluding hydrogens is 328 g/mol. The zero-order chi connectivity index (χ0) is 18.8. The van der Waals surface area contributed by atoms with Crippen LogP contribution in [0.25, 0.3) is 10.9 Å². The lowest BCUT2D eigenvalue weighted by molar-refractivity contribution is 0.0917. The number of benzene rings is 2. The Labute approximate surface area is 152 Å². The number of carbonyl (C=O) groups excluding carboxylic acids is 1. The number of aromatic hydroxyl groups is 1. The Morgan fingerprint density at radius 2 is 1.92 bits per heavy atom. The van der Waals surface area contributed by atoms with Crippen molar-refractivity contribution >= 4 is 16.8 Å². The number of phenolic OH excluding ortho intramolecular Hbond substituents is 1. The number of rotatable bonds is 4. The van der Waals surface area contributed by atoms with E-state index < -0.39 is 6.10 Å². The topological polar surface area (TPSA) is 82.5 Å². The van der Waals surface area contributed by atoms with Crippen LogP contribution in [0.4, 0.5) is 0 Å². The first-order valence-electron chi connectivity index (χ1n) is 8.49. The molecule has 1 amide bonds. The van der Waals surface area contributed by atoms with Gasteiger partial charge in [0.2, 0.25) is 0 Å². The minimum atomic E-state index is -0.899. The highest BCUT2D eigenvalue weighted by Gasteiger charge is 2.16. The third-order valence-corrected chi connectivity index (χ3v) is 4.59. The fraction of sp³-hybridized carbons (Fsp3) is 0.238. The van der Waals surface area contributed by atoms with Gasteiger partial charge >= 0.3 is 0 Å². The first kappa shape index (κ1) is 17.9. The summed E-state index contributed by atoms with van der Waals surface area (Å²) in [5.41, 5.74) is 4.86. The van der Waals surface area contributed by atoms with Crippen LogP contribution in [-0.4, -0.2) is 27.6 Å². The van der Waals surface area contributed by atoms with E-state index in [1.54, 1.807) is 18.2 Å². The molecule has 0 saturated heterocycles. The van der Waals surface area contributed by atoms with E-state index in [1.807, 2.05) is 32.9 Å². The lowest BCUT2D eigenvalue weighted by Gasteiger charge is -2.14. The van der Waals surface area contributed by atoms with E-state index in [0.29, 0.717) is 11.1 Å². The minimum absolute atomic E-state index is 0.0516.